The van der Waals surface area contributed by atoms with Gasteiger partial charge in [-0.15, -0.1) is 0 Å². The fraction of sp³-hybridized carbons (Fsp3) is 0.833. The molecule has 0 aliphatic carbocycles. The Balaban J connectivity index is 1.30. The third kappa shape index (κ3) is 5.84. The molecule has 0 aromatic heterocycles. The maximum atomic E-state index is 12.8. The van der Waals surface area contributed by atoms with Crippen LogP contribution in [-0.4, -0.2) is 131 Å². The molecule has 0 saturated carbocycles. The van der Waals surface area contributed by atoms with Gasteiger partial charge in [0.1, 0.15) is 0 Å². The Labute approximate surface area is 202 Å². The van der Waals surface area contributed by atoms with Crippen molar-refractivity contribution in [3.8, 4) is 0 Å². The van der Waals surface area contributed by atoms with Gasteiger partial charge < -0.3 is 0 Å². The Morgan fingerprint density at radius 3 is 1.12 bits per heavy atom. The van der Waals surface area contributed by atoms with Crippen LogP contribution in [0.2, 0.25) is 0 Å². The maximum absolute atomic E-state index is 12.8. The van der Waals surface area contributed by atoms with Crippen LogP contribution in [0.5, 0.6) is 0 Å². The number of amides is 4. The first-order valence-electron chi connectivity index (χ1n) is 12.9. The van der Waals surface area contributed by atoms with Crippen LogP contribution in [-0.2, 0) is 19.2 Å². The van der Waals surface area contributed by atoms with Crippen LogP contribution >= 0.6 is 0 Å². The number of rotatable bonds is 7. The van der Waals surface area contributed by atoms with E-state index < -0.39 is 0 Å². The van der Waals surface area contributed by atoms with Gasteiger partial charge in [0.15, 0.2) is 0 Å². The molecule has 34 heavy (non-hydrogen) atoms. The minimum absolute atomic E-state index is 0.140. The van der Waals surface area contributed by atoms with Crippen LogP contribution in [0, 0.1) is 0 Å². The molecule has 4 amide bonds. The molecule has 4 rings (SSSR count). The first-order valence-corrected chi connectivity index (χ1v) is 12.9. The number of carbonyl (C=O) groups is 4. The molecule has 0 aromatic rings. The van der Waals surface area contributed by atoms with Crippen molar-refractivity contribution < 1.29 is 19.2 Å². The summed E-state index contributed by atoms with van der Waals surface area (Å²) in [7, 11) is 0. The van der Waals surface area contributed by atoms with E-state index >= 15 is 0 Å². The van der Waals surface area contributed by atoms with Gasteiger partial charge >= 0.3 is 0 Å². The number of piperidine rings is 2. The minimum Gasteiger partial charge on any atom is -0.286 e. The second-order valence-corrected chi connectivity index (χ2v) is 10.4. The Morgan fingerprint density at radius 2 is 0.824 bits per heavy atom. The average molecular weight is 477 g/mol. The molecule has 0 aromatic carbocycles. The van der Waals surface area contributed by atoms with Crippen molar-refractivity contribution in [2.75, 3.05) is 65.7 Å². The summed E-state index contributed by atoms with van der Waals surface area (Å²) < 4.78 is 0. The highest BCUT2D eigenvalue weighted by Gasteiger charge is 2.40. The van der Waals surface area contributed by atoms with Crippen LogP contribution < -0.4 is 0 Å². The number of imide groups is 2. The molecule has 2 atom stereocenters. The van der Waals surface area contributed by atoms with Crippen molar-refractivity contribution in [1.82, 2.24) is 29.4 Å². The molecule has 4 saturated heterocycles. The van der Waals surface area contributed by atoms with Gasteiger partial charge in [-0.3, -0.25) is 48.6 Å². The summed E-state index contributed by atoms with van der Waals surface area (Å²) in [6.07, 6.45) is 6.86. The average Bonchev–Trinajstić information content (AvgIpc) is 2.83. The zero-order valence-electron chi connectivity index (χ0n) is 20.8. The molecular formula is C24H40N6O4. The van der Waals surface area contributed by atoms with E-state index in [-0.39, 0.29) is 61.9 Å². The second-order valence-electron chi connectivity index (χ2n) is 10.4. The van der Waals surface area contributed by atoms with Gasteiger partial charge in [0.25, 0.3) is 0 Å². The Hall–Kier alpha value is -1.88. The van der Waals surface area contributed by atoms with Crippen molar-refractivity contribution in [3.63, 3.8) is 0 Å². The summed E-state index contributed by atoms with van der Waals surface area (Å²) in [5.41, 5.74) is 0. The molecule has 4 fully saturated rings. The minimum atomic E-state index is -0.167. The van der Waals surface area contributed by atoms with E-state index in [2.05, 4.69) is 9.80 Å². The third-order valence-corrected chi connectivity index (χ3v) is 7.99. The number of piperazine rings is 2. The topological polar surface area (TPSA) is 87.7 Å². The van der Waals surface area contributed by atoms with Gasteiger partial charge in [0.05, 0.1) is 39.5 Å². The lowest BCUT2D eigenvalue weighted by Gasteiger charge is -2.44. The zero-order valence-corrected chi connectivity index (χ0v) is 20.8. The van der Waals surface area contributed by atoms with Gasteiger partial charge in [-0.1, -0.05) is 12.8 Å². The largest absolute Gasteiger partial charge is 0.286 e. The summed E-state index contributed by atoms with van der Waals surface area (Å²) in [5.74, 6) is -0.669. The molecule has 0 radical (unpaired) electrons. The number of likely N-dealkylation sites (tertiary alicyclic amines) is 2. The van der Waals surface area contributed by atoms with Crippen LogP contribution in [0.4, 0.5) is 0 Å². The van der Waals surface area contributed by atoms with Crippen LogP contribution in [0.3, 0.4) is 0 Å². The normalized spacial score (nSPS) is 26.9. The van der Waals surface area contributed by atoms with Gasteiger partial charge in [-0.2, -0.15) is 0 Å². The van der Waals surface area contributed by atoms with E-state index in [1.807, 2.05) is 23.6 Å². The quantitative estimate of drug-likeness (QED) is 0.475. The van der Waals surface area contributed by atoms with Crippen LogP contribution in [0.1, 0.15) is 52.4 Å². The van der Waals surface area contributed by atoms with Crippen molar-refractivity contribution >= 4 is 23.6 Å². The van der Waals surface area contributed by atoms with E-state index in [1.54, 1.807) is 0 Å². The molecule has 0 spiro atoms. The molecule has 10 nitrogen and oxygen atoms in total. The van der Waals surface area contributed by atoms with E-state index in [9.17, 15) is 19.2 Å². The number of hydrogen-bond acceptors (Lipinski definition) is 8. The Morgan fingerprint density at radius 1 is 0.529 bits per heavy atom. The van der Waals surface area contributed by atoms with E-state index in [1.165, 1.54) is 22.6 Å². The molecule has 0 bridgehead atoms. The third-order valence-electron chi connectivity index (χ3n) is 7.99. The summed E-state index contributed by atoms with van der Waals surface area (Å²) in [6, 6.07) is -0.279. The number of carbonyl (C=O) groups excluding carboxylic acids is 4. The lowest BCUT2D eigenvalue weighted by atomic mass is 10.1. The molecule has 0 N–H and O–H groups in total. The summed E-state index contributed by atoms with van der Waals surface area (Å²) in [5, 5.41) is 0. The second kappa shape index (κ2) is 11.2. The lowest BCUT2D eigenvalue weighted by Crippen LogP contribution is -2.64. The fourth-order valence-electron chi connectivity index (χ4n) is 5.53. The molecular weight excluding hydrogens is 436 g/mol. The van der Waals surface area contributed by atoms with Gasteiger partial charge in [-0.25, -0.2) is 0 Å². The molecule has 4 aliphatic heterocycles. The smallest absolute Gasteiger partial charge is 0.244 e. The van der Waals surface area contributed by atoms with Gasteiger partial charge in [-0.05, 0) is 65.7 Å². The van der Waals surface area contributed by atoms with E-state index in [4.69, 9.17) is 0 Å². The maximum Gasteiger partial charge on any atom is 0.244 e. The van der Waals surface area contributed by atoms with Crippen molar-refractivity contribution in [1.29, 1.82) is 0 Å². The lowest BCUT2D eigenvalue weighted by molar-refractivity contribution is -0.160. The van der Waals surface area contributed by atoms with E-state index in [0.29, 0.717) is 13.3 Å². The van der Waals surface area contributed by atoms with Crippen molar-refractivity contribution in [2.45, 2.75) is 64.5 Å². The predicted octanol–water partition coefficient (Wildman–Crippen LogP) is -0.00820. The standard InChI is InChI=1S/C24H40N6O4/c1-19(27-13-21(31)29(22(32)14-27)17-25-9-5-3-6-10-25)20(2)28-15-23(33)30(24(34)16-28)18-26-11-7-4-8-12-26/h19-20H,3-18H2,1-2H3/t19-,20+. The first-order chi connectivity index (χ1) is 16.3. The van der Waals surface area contributed by atoms with Crippen molar-refractivity contribution in [2.24, 2.45) is 0 Å². The van der Waals surface area contributed by atoms with Crippen LogP contribution in [0.15, 0.2) is 0 Å². The highest BCUT2D eigenvalue weighted by molar-refractivity contribution is 6.00. The Bertz CT molecular complexity index is 679. The molecule has 190 valence electrons. The summed E-state index contributed by atoms with van der Waals surface area (Å²) >= 11 is 0. The molecule has 10 heteroatoms. The fourth-order valence-corrected chi connectivity index (χ4v) is 5.53. The monoisotopic (exact) mass is 476 g/mol. The highest BCUT2D eigenvalue weighted by atomic mass is 16.2. The Kier molecular flexibility index (Phi) is 8.34. The molecule has 0 unspecified atom stereocenters. The summed E-state index contributed by atoms with van der Waals surface area (Å²) in [6.45, 7) is 9.17. The number of nitrogens with zero attached hydrogens (tertiary/aromatic N) is 6. The molecule has 4 heterocycles. The molecule has 4 aliphatic rings. The van der Waals surface area contributed by atoms with Gasteiger partial charge in [0.2, 0.25) is 23.6 Å². The first kappa shape index (κ1) is 25.2. The predicted molar refractivity (Wildman–Crippen MR) is 126 cm³/mol. The SMILES string of the molecule is C[C@H]([C@H](C)N1CC(=O)N(CN2CCCCC2)C(=O)C1)N1CC(=O)N(CN2CCCCC2)C(=O)C1. The zero-order chi connectivity index (χ0) is 24.2. The van der Waals surface area contributed by atoms with E-state index in [0.717, 1.165) is 51.9 Å². The highest BCUT2D eigenvalue weighted by Crippen LogP contribution is 2.19. The number of hydrogen-bond donors (Lipinski definition) is 0. The van der Waals surface area contributed by atoms with Crippen molar-refractivity contribution in [3.05, 3.63) is 0 Å². The van der Waals surface area contributed by atoms with Gasteiger partial charge in [0, 0.05) is 12.1 Å². The summed E-state index contributed by atoms with van der Waals surface area (Å²) in [4.78, 5) is 62.3. The van der Waals surface area contributed by atoms with Crippen LogP contribution in [0.25, 0.3) is 0 Å².